The van der Waals surface area contributed by atoms with E-state index in [2.05, 4.69) is 174 Å². The Morgan fingerprint density at radius 3 is 1.51 bits per heavy atom. The Morgan fingerprint density at radius 1 is 0.340 bits per heavy atom. The zero-order chi connectivity index (χ0) is 30.9. The number of para-hydroxylation sites is 1. The average Bonchev–Trinajstić information content (AvgIpc) is 3.70. The van der Waals surface area contributed by atoms with Crippen LogP contribution in [0.2, 0.25) is 0 Å². The van der Waals surface area contributed by atoms with Crippen molar-refractivity contribution in [2.24, 2.45) is 0 Å². The van der Waals surface area contributed by atoms with Gasteiger partial charge in [0.05, 0.1) is 16.6 Å². The van der Waals surface area contributed by atoms with Gasteiger partial charge in [0, 0.05) is 16.3 Å². The summed E-state index contributed by atoms with van der Waals surface area (Å²) in [5, 5.41) is 7.54. The zero-order valence-corrected chi connectivity index (χ0v) is 25.6. The van der Waals surface area contributed by atoms with Crippen LogP contribution in [0.1, 0.15) is 0 Å². The standard InChI is InChI=1S/C45H28N2/c1-4-13-29(14-5-1)42-34-19-10-11-20-35(34)43(30-15-6-2-7-16-30)39-28-32(23-25-36(39)42)33-24-26-41-38(27-33)37-21-12-22-40-44(37)47(41)45(46-40)31-17-8-3-9-18-31/h1-28H. The second-order valence-corrected chi connectivity index (χ2v) is 12.3. The molecule has 0 amide bonds. The number of fused-ring (bicyclic) bond motifs is 5. The number of imidazole rings is 1. The summed E-state index contributed by atoms with van der Waals surface area (Å²) in [6, 6.07) is 61.5. The lowest BCUT2D eigenvalue weighted by molar-refractivity contribution is 1.23. The van der Waals surface area contributed by atoms with Crippen molar-refractivity contribution in [2.45, 2.75) is 0 Å². The zero-order valence-electron chi connectivity index (χ0n) is 25.6. The first-order chi connectivity index (χ1) is 23.3. The number of rotatable bonds is 4. The van der Waals surface area contributed by atoms with Gasteiger partial charge in [0.1, 0.15) is 5.82 Å². The average molecular weight is 597 g/mol. The molecular formula is C45H28N2. The van der Waals surface area contributed by atoms with Gasteiger partial charge in [-0.3, -0.25) is 4.40 Å². The predicted molar refractivity (Wildman–Crippen MR) is 198 cm³/mol. The molecule has 2 nitrogen and oxygen atoms in total. The number of nitrogens with zero attached hydrogens (tertiary/aromatic N) is 2. The minimum Gasteiger partial charge on any atom is -0.291 e. The second kappa shape index (κ2) is 10.1. The number of aromatic nitrogens is 2. The molecule has 8 aromatic carbocycles. The molecule has 10 aromatic rings. The molecule has 0 N–H and O–H groups in total. The fourth-order valence-electron chi connectivity index (χ4n) is 7.68. The van der Waals surface area contributed by atoms with E-state index in [1.807, 2.05) is 0 Å². The van der Waals surface area contributed by atoms with Crippen molar-refractivity contribution >= 4 is 48.9 Å². The molecule has 0 saturated carbocycles. The lowest BCUT2D eigenvalue weighted by atomic mass is 9.85. The minimum atomic E-state index is 0.984. The van der Waals surface area contributed by atoms with Gasteiger partial charge in [-0.1, -0.05) is 146 Å². The van der Waals surface area contributed by atoms with E-state index in [9.17, 15) is 0 Å². The Kier molecular flexibility index (Phi) is 5.61. The predicted octanol–water partition coefficient (Wildman–Crippen LogP) is 12.1. The molecule has 0 aliphatic rings. The highest BCUT2D eigenvalue weighted by molar-refractivity contribution is 6.22. The molecule has 2 heterocycles. The Labute approximate surface area is 272 Å². The van der Waals surface area contributed by atoms with E-state index in [1.54, 1.807) is 0 Å². The lowest BCUT2D eigenvalue weighted by Crippen LogP contribution is -1.91. The van der Waals surface area contributed by atoms with Gasteiger partial charge >= 0.3 is 0 Å². The van der Waals surface area contributed by atoms with Crippen LogP contribution in [-0.2, 0) is 0 Å². The van der Waals surface area contributed by atoms with Crippen LogP contribution in [0.5, 0.6) is 0 Å². The summed E-state index contributed by atoms with van der Waals surface area (Å²) in [5.74, 6) is 0.984. The Bertz CT molecular complexity index is 2760. The van der Waals surface area contributed by atoms with Gasteiger partial charge in [-0.05, 0) is 79.2 Å². The fraction of sp³-hybridized carbons (Fsp3) is 0. The van der Waals surface area contributed by atoms with E-state index in [1.165, 1.54) is 76.7 Å². The van der Waals surface area contributed by atoms with E-state index in [0.717, 1.165) is 16.9 Å². The van der Waals surface area contributed by atoms with Crippen molar-refractivity contribution in [3.8, 4) is 44.8 Å². The van der Waals surface area contributed by atoms with Crippen LogP contribution in [0.15, 0.2) is 170 Å². The molecule has 2 heteroatoms. The van der Waals surface area contributed by atoms with E-state index in [-0.39, 0.29) is 0 Å². The van der Waals surface area contributed by atoms with Gasteiger partial charge in [0.2, 0.25) is 0 Å². The molecule has 47 heavy (non-hydrogen) atoms. The van der Waals surface area contributed by atoms with Gasteiger partial charge < -0.3 is 0 Å². The molecule has 0 fully saturated rings. The van der Waals surface area contributed by atoms with E-state index in [0.29, 0.717) is 0 Å². The van der Waals surface area contributed by atoms with Gasteiger partial charge in [0.15, 0.2) is 0 Å². The van der Waals surface area contributed by atoms with Crippen LogP contribution in [-0.4, -0.2) is 9.38 Å². The van der Waals surface area contributed by atoms with E-state index >= 15 is 0 Å². The first kappa shape index (κ1) is 26.0. The smallest absolute Gasteiger partial charge is 0.145 e. The van der Waals surface area contributed by atoms with E-state index in [4.69, 9.17) is 4.98 Å². The topological polar surface area (TPSA) is 17.3 Å². The van der Waals surface area contributed by atoms with Crippen LogP contribution >= 0.6 is 0 Å². The lowest BCUT2D eigenvalue weighted by Gasteiger charge is -2.18. The molecular weight excluding hydrogens is 569 g/mol. The normalized spacial score (nSPS) is 11.8. The molecule has 10 rings (SSSR count). The quantitative estimate of drug-likeness (QED) is 0.185. The number of hydrogen-bond donors (Lipinski definition) is 0. The van der Waals surface area contributed by atoms with Gasteiger partial charge in [-0.2, -0.15) is 0 Å². The molecule has 0 saturated heterocycles. The molecule has 0 atom stereocenters. The molecule has 0 spiro atoms. The van der Waals surface area contributed by atoms with Crippen LogP contribution in [0, 0.1) is 0 Å². The molecule has 218 valence electrons. The first-order valence-electron chi connectivity index (χ1n) is 16.1. The molecule has 0 bridgehead atoms. The molecule has 0 unspecified atom stereocenters. The highest BCUT2D eigenvalue weighted by atomic mass is 15.0. The van der Waals surface area contributed by atoms with Crippen LogP contribution in [0.25, 0.3) is 93.6 Å². The Hall–Kier alpha value is -6.25. The Morgan fingerprint density at radius 2 is 0.851 bits per heavy atom. The van der Waals surface area contributed by atoms with E-state index < -0.39 is 0 Å². The minimum absolute atomic E-state index is 0.984. The van der Waals surface area contributed by atoms with Crippen molar-refractivity contribution in [3.05, 3.63) is 170 Å². The summed E-state index contributed by atoms with van der Waals surface area (Å²) in [4.78, 5) is 5.07. The summed E-state index contributed by atoms with van der Waals surface area (Å²) in [5.41, 5.74) is 11.9. The third kappa shape index (κ3) is 3.89. The fourth-order valence-corrected chi connectivity index (χ4v) is 7.68. The van der Waals surface area contributed by atoms with Gasteiger partial charge in [0.25, 0.3) is 0 Å². The molecule has 0 aliphatic carbocycles. The SMILES string of the molecule is c1ccc(-c2c3ccccc3c(-c3ccccc3)c3cc(-c4ccc5c(c4)c4cccc6nc(-c7ccccc7)n5c64)ccc23)cc1. The summed E-state index contributed by atoms with van der Waals surface area (Å²) in [7, 11) is 0. The summed E-state index contributed by atoms with van der Waals surface area (Å²) < 4.78 is 2.34. The largest absolute Gasteiger partial charge is 0.291 e. The van der Waals surface area contributed by atoms with Crippen molar-refractivity contribution in [1.82, 2.24) is 9.38 Å². The number of benzene rings is 8. The van der Waals surface area contributed by atoms with Gasteiger partial charge in [-0.25, -0.2) is 4.98 Å². The molecule has 0 radical (unpaired) electrons. The first-order valence-corrected chi connectivity index (χ1v) is 16.1. The van der Waals surface area contributed by atoms with Crippen molar-refractivity contribution < 1.29 is 0 Å². The molecule has 2 aromatic heterocycles. The summed E-state index contributed by atoms with van der Waals surface area (Å²) in [6.45, 7) is 0. The monoisotopic (exact) mass is 596 g/mol. The highest BCUT2D eigenvalue weighted by Gasteiger charge is 2.20. The number of hydrogen-bond acceptors (Lipinski definition) is 1. The van der Waals surface area contributed by atoms with Crippen molar-refractivity contribution in [1.29, 1.82) is 0 Å². The van der Waals surface area contributed by atoms with Crippen LogP contribution < -0.4 is 0 Å². The Balaban J connectivity index is 1.26. The maximum atomic E-state index is 5.07. The molecule has 0 aliphatic heterocycles. The summed E-state index contributed by atoms with van der Waals surface area (Å²) >= 11 is 0. The van der Waals surface area contributed by atoms with Crippen molar-refractivity contribution in [3.63, 3.8) is 0 Å². The van der Waals surface area contributed by atoms with Gasteiger partial charge in [-0.15, -0.1) is 0 Å². The van der Waals surface area contributed by atoms with Crippen LogP contribution in [0.3, 0.4) is 0 Å². The van der Waals surface area contributed by atoms with Crippen molar-refractivity contribution in [2.75, 3.05) is 0 Å². The maximum absolute atomic E-state index is 5.07. The van der Waals surface area contributed by atoms with Crippen LogP contribution in [0.4, 0.5) is 0 Å². The maximum Gasteiger partial charge on any atom is 0.145 e. The third-order valence-electron chi connectivity index (χ3n) is 9.72. The second-order valence-electron chi connectivity index (χ2n) is 12.3. The summed E-state index contributed by atoms with van der Waals surface area (Å²) in [6.07, 6.45) is 0. The third-order valence-corrected chi connectivity index (χ3v) is 9.72. The highest BCUT2D eigenvalue weighted by Crippen LogP contribution is 2.45.